The molecule has 2 fully saturated rings. The molecular weight excluding hydrogens is 487 g/mol. The summed E-state index contributed by atoms with van der Waals surface area (Å²) in [5, 5.41) is 7.24. The highest BCUT2D eigenvalue weighted by molar-refractivity contribution is 14.0. The lowest BCUT2D eigenvalue weighted by Gasteiger charge is -2.34. The SMILES string of the molecule is CCCCN1CCC(NC(=NC)NCC2CCCOC2c2ccc(C)cc2)CC1.I. The molecule has 170 valence electrons. The molecule has 0 bridgehead atoms. The van der Waals surface area contributed by atoms with Crippen molar-refractivity contribution in [2.75, 3.05) is 39.8 Å². The molecule has 1 aromatic rings. The molecule has 2 aliphatic heterocycles. The van der Waals surface area contributed by atoms with Crippen molar-refractivity contribution < 1.29 is 4.74 Å². The molecule has 0 amide bonds. The van der Waals surface area contributed by atoms with E-state index in [0.29, 0.717) is 12.0 Å². The van der Waals surface area contributed by atoms with Gasteiger partial charge in [-0.15, -0.1) is 24.0 Å². The number of hydrogen-bond acceptors (Lipinski definition) is 3. The minimum Gasteiger partial charge on any atom is -0.373 e. The van der Waals surface area contributed by atoms with Crippen molar-refractivity contribution in [3.63, 3.8) is 0 Å². The number of ether oxygens (including phenoxy) is 1. The van der Waals surface area contributed by atoms with Gasteiger partial charge < -0.3 is 20.3 Å². The average molecular weight is 529 g/mol. The second-order valence-electron chi connectivity index (χ2n) is 8.67. The van der Waals surface area contributed by atoms with Gasteiger partial charge >= 0.3 is 0 Å². The van der Waals surface area contributed by atoms with Gasteiger partial charge in [-0.3, -0.25) is 4.99 Å². The molecule has 0 spiro atoms. The summed E-state index contributed by atoms with van der Waals surface area (Å²) in [4.78, 5) is 7.09. The summed E-state index contributed by atoms with van der Waals surface area (Å²) in [6.07, 6.45) is 7.49. The molecule has 2 N–H and O–H groups in total. The molecular formula is C24H41IN4O. The maximum absolute atomic E-state index is 6.17. The molecule has 2 aliphatic rings. The third-order valence-electron chi connectivity index (χ3n) is 6.36. The normalized spacial score (nSPS) is 23.6. The second-order valence-corrected chi connectivity index (χ2v) is 8.67. The van der Waals surface area contributed by atoms with Crippen LogP contribution in [0.4, 0.5) is 0 Å². The summed E-state index contributed by atoms with van der Waals surface area (Å²) in [5.74, 6) is 1.41. The van der Waals surface area contributed by atoms with Crippen molar-refractivity contribution in [1.82, 2.24) is 15.5 Å². The number of guanidine groups is 1. The number of likely N-dealkylation sites (tertiary alicyclic amines) is 1. The van der Waals surface area contributed by atoms with Crippen LogP contribution >= 0.6 is 24.0 Å². The molecule has 0 radical (unpaired) electrons. The van der Waals surface area contributed by atoms with Crippen LogP contribution in [0.2, 0.25) is 0 Å². The van der Waals surface area contributed by atoms with Crippen molar-refractivity contribution in [3.8, 4) is 0 Å². The zero-order chi connectivity index (χ0) is 20.5. The van der Waals surface area contributed by atoms with E-state index in [2.05, 4.69) is 58.6 Å². The van der Waals surface area contributed by atoms with Gasteiger partial charge in [0.25, 0.3) is 0 Å². The van der Waals surface area contributed by atoms with Gasteiger partial charge in [0, 0.05) is 45.2 Å². The Labute approximate surface area is 200 Å². The van der Waals surface area contributed by atoms with E-state index >= 15 is 0 Å². The van der Waals surface area contributed by atoms with Crippen molar-refractivity contribution in [2.24, 2.45) is 10.9 Å². The second kappa shape index (κ2) is 13.5. The van der Waals surface area contributed by atoms with Gasteiger partial charge in [0.1, 0.15) is 0 Å². The highest BCUT2D eigenvalue weighted by atomic mass is 127. The minimum atomic E-state index is 0. The zero-order valence-electron chi connectivity index (χ0n) is 19.0. The van der Waals surface area contributed by atoms with Crippen LogP contribution in [0.15, 0.2) is 29.3 Å². The summed E-state index contributed by atoms with van der Waals surface area (Å²) in [6, 6.07) is 9.33. The molecule has 2 atom stereocenters. The Kier molecular flexibility index (Phi) is 11.5. The maximum Gasteiger partial charge on any atom is 0.191 e. The Hall–Kier alpha value is -0.860. The predicted octanol–water partition coefficient (Wildman–Crippen LogP) is 4.51. The fraction of sp³-hybridized carbons (Fsp3) is 0.708. The topological polar surface area (TPSA) is 48.9 Å². The highest BCUT2D eigenvalue weighted by Crippen LogP contribution is 2.33. The molecule has 0 saturated carbocycles. The van der Waals surface area contributed by atoms with Gasteiger partial charge in [0.05, 0.1) is 6.10 Å². The lowest BCUT2D eigenvalue weighted by molar-refractivity contribution is -0.0265. The number of nitrogens with one attached hydrogen (secondary N) is 2. The Morgan fingerprint density at radius 3 is 2.57 bits per heavy atom. The Balaban J connectivity index is 0.00000320. The van der Waals surface area contributed by atoms with Crippen LogP contribution in [-0.4, -0.2) is 56.7 Å². The molecule has 2 saturated heterocycles. The number of unbranched alkanes of at least 4 members (excludes halogenated alkanes) is 1. The van der Waals surface area contributed by atoms with Gasteiger partial charge in [-0.1, -0.05) is 43.2 Å². The molecule has 3 rings (SSSR count). The number of rotatable bonds is 7. The predicted molar refractivity (Wildman–Crippen MR) is 137 cm³/mol. The number of halogens is 1. The summed E-state index contributed by atoms with van der Waals surface area (Å²) in [6.45, 7) is 9.80. The minimum absolute atomic E-state index is 0. The van der Waals surface area contributed by atoms with Crippen molar-refractivity contribution >= 4 is 29.9 Å². The van der Waals surface area contributed by atoms with Crippen LogP contribution in [-0.2, 0) is 4.74 Å². The van der Waals surface area contributed by atoms with Crippen LogP contribution in [0.3, 0.4) is 0 Å². The molecule has 0 aromatic heterocycles. The van der Waals surface area contributed by atoms with Crippen LogP contribution in [0.25, 0.3) is 0 Å². The molecule has 1 aromatic carbocycles. The largest absolute Gasteiger partial charge is 0.373 e. The number of aliphatic imine (C=N–C) groups is 1. The zero-order valence-corrected chi connectivity index (χ0v) is 21.4. The Morgan fingerprint density at radius 1 is 1.17 bits per heavy atom. The summed E-state index contributed by atoms with van der Waals surface area (Å²) in [5.41, 5.74) is 2.59. The fourth-order valence-corrected chi connectivity index (χ4v) is 4.48. The lowest BCUT2D eigenvalue weighted by atomic mass is 9.89. The maximum atomic E-state index is 6.17. The van der Waals surface area contributed by atoms with Crippen LogP contribution < -0.4 is 10.6 Å². The van der Waals surface area contributed by atoms with E-state index in [-0.39, 0.29) is 30.1 Å². The third kappa shape index (κ3) is 7.68. The van der Waals surface area contributed by atoms with Crippen LogP contribution in [0.1, 0.15) is 62.7 Å². The number of nitrogens with zero attached hydrogens (tertiary/aromatic N) is 2. The summed E-state index contributed by atoms with van der Waals surface area (Å²) in [7, 11) is 1.88. The molecule has 2 heterocycles. The van der Waals surface area contributed by atoms with Crippen LogP contribution in [0.5, 0.6) is 0 Å². The Morgan fingerprint density at radius 2 is 1.90 bits per heavy atom. The average Bonchev–Trinajstić information content (AvgIpc) is 2.77. The summed E-state index contributed by atoms with van der Waals surface area (Å²) < 4.78 is 6.17. The van der Waals surface area contributed by atoms with Gasteiger partial charge in [0.2, 0.25) is 0 Å². The molecule has 30 heavy (non-hydrogen) atoms. The van der Waals surface area contributed by atoms with E-state index in [1.54, 1.807) is 0 Å². The first-order chi connectivity index (χ1) is 14.2. The van der Waals surface area contributed by atoms with Gasteiger partial charge in [-0.05, 0) is 51.1 Å². The van der Waals surface area contributed by atoms with Gasteiger partial charge in [0.15, 0.2) is 5.96 Å². The first-order valence-electron chi connectivity index (χ1n) is 11.6. The van der Waals surface area contributed by atoms with Crippen molar-refractivity contribution in [1.29, 1.82) is 0 Å². The third-order valence-corrected chi connectivity index (χ3v) is 6.36. The fourth-order valence-electron chi connectivity index (χ4n) is 4.48. The highest BCUT2D eigenvalue weighted by Gasteiger charge is 2.28. The summed E-state index contributed by atoms with van der Waals surface area (Å²) >= 11 is 0. The number of benzene rings is 1. The first-order valence-corrected chi connectivity index (χ1v) is 11.6. The Bertz CT molecular complexity index is 629. The van der Waals surface area contributed by atoms with E-state index in [4.69, 9.17) is 4.74 Å². The standard InChI is InChI=1S/C24H40N4O.HI/c1-4-5-14-28-15-12-22(13-16-28)27-24(25-3)26-18-21-7-6-17-29-23(21)20-10-8-19(2)9-11-20;/h8-11,21-23H,4-7,12-18H2,1-3H3,(H2,25,26,27);1H. The quantitative estimate of drug-likeness (QED) is 0.311. The molecule has 0 aliphatic carbocycles. The van der Waals surface area contributed by atoms with Gasteiger partial charge in [-0.2, -0.15) is 0 Å². The smallest absolute Gasteiger partial charge is 0.191 e. The molecule has 5 nitrogen and oxygen atoms in total. The lowest BCUT2D eigenvalue weighted by Crippen LogP contribution is -2.50. The van der Waals surface area contributed by atoms with E-state index < -0.39 is 0 Å². The number of aryl methyl sites for hydroxylation is 1. The van der Waals surface area contributed by atoms with E-state index in [1.807, 2.05) is 7.05 Å². The number of piperidine rings is 1. The number of hydrogen-bond donors (Lipinski definition) is 2. The van der Waals surface area contributed by atoms with E-state index in [9.17, 15) is 0 Å². The van der Waals surface area contributed by atoms with E-state index in [0.717, 1.165) is 25.5 Å². The first kappa shape index (κ1) is 25.4. The monoisotopic (exact) mass is 528 g/mol. The van der Waals surface area contributed by atoms with E-state index in [1.165, 1.54) is 62.9 Å². The van der Waals surface area contributed by atoms with Crippen molar-refractivity contribution in [2.45, 2.75) is 64.5 Å². The van der Waals surface area contributed by atoms with Gasteiger partial charge in [-0.25, -0.2) is 0 Å². The molecule has 6 heteroatoms. The molecule has 2 unspecified atom stereocenters. The van der Waals surface area contributed by atoms with Crippen molar-refractivity contribution in [3.05, 3.63) is 35.4 Å². The van der Waals surface area contributed by atoms with Crippen LogP contribution in [0, 0.1) is 12.8 Å².